The minimum absolute atomic E-state index is 0.262. The molecule has 30 heavy (non-hydrogen) atoms. The number of nitrogens with one attached hydrogen (secondary N) is 1. The van der Waals surface area contributed by atoms with Gasteiger partial charge in [0.1, 0.15) is 6.17 Å². The predicted octanol–water partition coefficient (Wildman–Crippen LogP) is 4.38. The number of aromatic nitrogens is 3. The molecule has 6 nitrogen and oxygen atoms in total. The van der Waals surface area contributed by atoms with Crippen LogP contribution in [0.15, 0.2) is 36.8 Å². The molecule has 3 aromatic heterocycles. The molecule has 0 aliphatic heterocycles. The summed E-state index contributed by atoms with van der Waals surface area (Å²) in [6.07, 6.45) is 14.2. The maximum Gasteiger partial charge on any atom is 0.252 e. The van der Waals surface area contributed by atoms with Gasteiger partial charge in [-0.15, -0.1) is 12.8 Å². The molecule has 2 atom stereocenters. The van der Waals surface area contributed by atoms with Gasteiger partial charge in [0.2, 0.25) is 0 Å². The fraction of sp³-hybridized carbons (Fsp3) is 0.348. The van der Waals surface area contributed by atoms with Gasteiger partial charge < -0.3 is 11.1 Å². The Morgan fingerprint density at radius 3 is 2.57 bits per heavy atom. The third-order valence-corrected chi connectivity index (χ3v) is 4.87. The number of rotatable bonds is 4. The fourth-order valence-electron chi connectivity index (χ4n) is 3.44. The summed E-state index contributed by atoms with van der Waals surface area (Å²) in [5.74, 6) is -0.591. The first-order valence-electron chi connectivity index (χ1n) is 10.0. The molecule has 3 N–H and O–H groups in total. The summed E-state index contributed by atoms with van der Waals surface area (Å²) in [4.78, 5) is 16.3. The van der Waals surface area contributed by atoms with Crippen molar-refractivity contribution in [1.29, 1.82) is 0 Å². The molecule has 0 aromatic carbocycles. The number of hydrogen-bond acceptors (Lipinski definition) is 4. The Balaban J connectivity index is 0.000000757. The Labute approximate surface area is 176 Å². The molecule has 0 radical (unpaired) electrons. The Morgan fingerprint density at radius 2 is 2.00 bits per heavy atom. The van der Waals surface area contributed by atoms with Crippen LogP contribution in [-0.4, -0.2) is 32.7 Å². The summed E-state index contributed by atoms with van der Waals surface area (Å²) >= 11 is 0. The summed E-state index contributed by atoms with van der Waals surface area (Å²) in [6, 6.07) is 5.48. The Hall–Kier alpha value is -3.40. The van der Waals surface area contributed by atoms with Crippen molar-refractivity contribution >= 4 is 17.1 Å². The Morgan fingerprint density at radius 1 is 1.27 bits per heavy atom. The number of halogens is 1. The van der Waals surface area contributed by atoms with Crippen molar-refractivity contribution in [3.05, 3.63) is 47.9 Å². The molecular formula is C23H28FN5O. The zero-order valence-corrected chi connectivity index (χ0v) is 17.6. The molecule has 0 bridgehead atoms. The molecule has 1 fully saturated rings. The number of pyridine rings is 1. The number of nitrogens with two attached hydrogens (primary N) is 1. The van der Waals surface area contributed by atoms with Crippen molar-refractivity contribution in [3.63, 3.8) is 0 Å². The van der Waals surface area contributed by atoms with E-state index in [-0.39, 0.29) is 11.6 Å². The molecule has 7 heteroatoms. The largest absolute Gasteiger partial charge is 0.377 e. The molecule has 3 heterocycles. The number of anilines is 1. The lowest BCUT2D eigenvalue weighted by Crippen LogP contribution is -2.27. The molecule has 158 valence electrons. The van der Waals surface area contributed by atoms with Crippen LogP contribution in [0.25, 0.3) is 16.8 Å². The lowest BCUT2D eigenvalue weighted by atomic mass is 10.1. The van der Waals surface area contributed by atoms with Crippen LogP contribution in [0.4, 0.5) is 10.1 Å². The summed E-state index contributed by atoms with van der Waals surface area (Å²) in [7, 11) is 0. The lowest BCUT2D eigenvalue weighted by Gasteiger charge is -2.19. The van der Waals surface area contributed by atoms with Gasteiger partial charge in [-0.3, -0.25) is 9.78 Å². The molecule has 1 amide bonds. The van der Waals surface area contributed by atoms with Crippen LogP contribution < -0.4 is 11.1 Å². The molecule has 0 unspecified atom stereocenters. The van der Waals surface area contributed by atoms with Gasteiger partial charge in [-0.05, 0) is 43.9 Å². The second kappa shape index (κ2) is 10.4. The normalized spacial score (nSPS) is 17.4. The van der Waals surface area contributed by atoms with E-state index in [9.17, 15) is 9.18 Å². The predicted molar refractivity (Wildman–Crippen MR) is 119 cm³/mol. The first-order valence-corrected chi connectivity index (χ1v) is 10.0. The number of amides is 1. The van der Waals surface area contributed by atoms with Crippen LogP contribution >= 0.6 is 0 Å². The van der Waals surface area contributed by atoms with Gasteiger partial charge in [0, 0.05) is 18.0 Å². The van der Waals surface area contributed by atoms with Gasteiger partial charge in [0.25, 0.3) is 5.91 Å². The van der Waals surface area contributed by atoms with Gasteiger partial charge in [-0.1, -0.05) is 19.9 Å². The number of alkyl halides is 1. The van der Waals surface area contributed by atoms with Crippen LogP contribution in [0.2, 0.25) is 0 Å². The molecular weight excluding hydrogens is 381 g/mol. The topological polar surface area (TPSA) is 85.3 Å². The Bertz CT molecular complexity index is 1010. The molecule has 4 rings (SSSR count). The van der Waals surface area contributed by atoms with Gasteiger partial charge in [-0.2, -0.15) is 5.10 Å². The van der Waals surface area contributed by atoms with Crippen LogP contribution in [0.5, 0.6) is 0 Å². The van der Waals surface area contributed by atoms with Crippen LogP contribution in [0.1, 0.15) is 49.0 Å². The van der Waals surface area contributed by atoms with Gasteiger partial charge in [0.05, 0.1) is 34.7 Å². The number of aryl methyl sites for hydroxylation is 1. The number of fused-ring (bicyclic) bond motifs is 1. The van der Waals surface area contributed by atoms with Crippen LogP contribution in [0, 0.1) is 19.8 Å². The van der Waals surface area contributed by atoms with Crippen molar-refractivity contribution in [2.24, 2.45) is 5.73 Å². The third kappa shape index (κ3) is 4.77. The van der Waals surface area contributed by atoms with Crippen molar-refractivity contribution < 1.29 is 9.18 Å². The second-order valence-corrected chi connectivity index (χ2v) is 6.77. The van der Waals surface area contributed by atoms with Crippen LogP contribution in [0.3, 0.4) is 0 Å². The molecule has 1 saturated carbocycles. The van der Waals surface area contributed by atoms with Crippen molar-refractivity contribution in [3.8, 4) is 24.1 Å². The highest BCUT2D eigenvalue weighted by atomic mass is 19.1. The van der Waals surface area contributed by atoms with E-state index in [1.54, 1.807) is 10.7 Å². The quantitative estimate of drug-likeness (QED) is 0.626. The number of hydrogen-bond donors (Lipinski definition) is 2. The monoisotopic (exact) mass is 409 g/mol. The number of carbonyl (C=O) groups is 1. The first kappa shape index (κ1) is 22.9. The minimum atomic E-state index is -0.933. The summed E-state index contributed by atoms with van der Waals surface area (Å²) in [5, 5.41) is 7.48. The van der Waals surface area contributed by atoms with Gasteiger partial charge in [0.15, 0.2) is 0 Å². The highest BCUT2D eigenvalue weighted by Gasteiger charge is 2.29. The highest BCUT2D eigenvalue weighted by molar-refractivity contribution is 6.02. The van der Waals surface area contributed by atoms with Crippen molar-refractivity contribution in [2.75, 3.05) is 5.32 Å². The standard InChI is InChI=1S/C19H20FN5O.C2H6.C2H2/c1-11-5-6-15(22-8-11)12-7-17-18(24-16-4-2-3-14(16)20)13(19(21)26)9-23-25(17)10-12;2*1-2/h5-10,14,16,24H,2-4H2,1H3,(H2,21,26);1-2H3;1-2H/t14-,16+;;/m0../s1. The molecule has 0 saturated heterocycles. The smallest absolute Gasteiger partial charge is 0.252 e. The maximum absolute atomic E-state index is 14.1. The van der Waals surface area contributed by atoms with Crippen molar-refractivity contribution in [1.82, 2.24) is 14.6 Å². The third-order valence-electron chi connectivity index (χ3n) is 4.87. The average molecular weight is 410 g/mol. The zero-order chi connectivity index (χ0) is 22.3. The second-order valence-electron chi connectivity index (χ2n) is 6.77. The zero-order valence-electron chi connectivity index (χ0n) is 17.6. The van der Waals surface area contributed by atoms with E-state index in [0.717, 1.165) is 29.7 Å². The summed E-state index contributed by atoms with van der Waals surface area (Å²) < 4.78 is 15.8. The van der Waals surface area contributed by atoms with E-state index in [4.69, 9.17) is 5.73 Å². The summed E-state index contributed by atoms with van der Waals surface area (Å²) in [5.41, 5.74) is 9.73. The first-order chi connectivity index (χ1) is 14.5. The lowest BCUT2D eigenvalue weighted by molar-refractivity contribution is 0.100. The molecule has 1 aliphatic rings. The van der Waals surface area contributed by atoms with E-state index in [2.05, 4.69) is 28.2 Å². The van der Waals surface area contributed by atoms with E-state index < -0.39 is 12.1 Å². The van der Waals surface area contributed by atoms with E-state index in [1.807, 2.05) is 45.2 Å². The van der Waals surface area contributed by atoms with Gasteiger partial charge >= 0.3 is 0 Å². The molecule has 0 spiro atoms. The van der Waals surface area contributed by atoms with Crippen LogP contribution in [-0.2, 0) is 0 Å². The van der Waals surface area contributed by atoms with Crippen molar-refractivity contribution in [2.45, 2.75) is 52.2 Å². The minimum Gasteiger partial charge on any atom is -0.377 e. The Kier molecular flexibility index (Phi) is 7.93. The van der Waals surface area contributed by atoms with E-state index in [1.165, 1.54) is 6.20 Å². The fourth-order valence-corrected chi connectivity index (χ4v) is 3.44. The average Bonchev–Trinajstić information content (AvgIpc) is 3.38. The SMILES string of the molecule is C#C.CC.Cc1ccc(-c2cc3c(N[C@@H]4CCC[C@@H]4F)c(C(N)=O)cnn3c2)nc1. The molecule has 3 aromatic rings. The van der Waals surface area contributed by atoms with E-state index in [0.29, 0.717) is 17.6 Å². The molecule has 1 aliphatic carbocycles. The highest BCUT2D eigenvalue weighted by Crippen LogP contribution is 2.31. The number of terminal acetylenes is 1. The van der Waals surface area contributed by atoms with E-state index >= 15 is 0 Å². The maximum atomic E-state index is 14.1. The number of primary amides is 1. The van der Waals surface area contributed by atoms with Gasteiger partial charge in [-0.25, -0.2) is 8.91 Å². The number of nitrogens with zero attached hydrogens (tertiary/aromatic N) is 3. The number of carbonyl (C=O) groups excluding carboxylic acids is 1. The summed E-state index contributed by atoms with van der Waals surface area (Å²) in [6.45, 7) is 5.98.